The molecule has 4 aromatic rings. The van der Waals surface area contributed by atoms with Gasteiger partial charge in [0.1, 0.15) is 5.82 Å². The first-order chi connectivity index (χ1) is 17.4. The summed E-state index contributed by atoms with van der Waals surface area (Å²) in [5.41, 5.74) is 4.06. The summed E-state index contributed by atoms with van der Waals surface area (Å²) in [5.74, 6) is 1.09. The van der Waals surface area contributed by atoms with E-state index in [9.17, 15) is 9.59 Å². The second-order valence-electron chi connectivity index (χ2n) is 9.41. The van der Waals surface area contributed by atoms with E-state index in [1.54, 1.807) is 30.3 Å². The van der Waals surface area contributed by atoms with Crippen LogP contribution in [-0.4, -0.2) is 27.8 Å². The van der Waals surface area contributed by atoms with Gasteiger partial charge in [-0.2, -0.15) is 0 Å². The number of nitrogens with one attached hydrogen (secondary N) is 3. The fraction of sp³-hybridized carbons (Fsp3) is 0.250. The van der Waals surface area contributed by atoms with E-state index in [1.807, 2.05) is 30.3 Å². The third kappa shape index (κ3) is 5.40. The Bertz CT molecular complexity index is 1420. The van der Waals surface area contributed by atoms with Crippen LogP contribution in [0.15, 0.2) is 60.7 Å². The number of amides is 2. The van der Waals surface area contributed by atoms with Crippen LogP contribution in [0.4, 0.5) is 5.69 Å². The van der Waals surface area contributed by atoms with E-state index < -0.39 is 0 Å². The molecule has 0 atom stereocenters. The van der Waals surface area contributed by atoms with E-state index >= 15 is 0 Å². The maximum atomic E-state index is 12.8. The minimum atomic E-state index is -0.257. The molecule has 3 N–H and O–H groups in total. The molecule has 1 fully saturated rings. The minimum absolute atomic E-state index is 0.0571. The molecule has 3 aromatic carbocycles. The van der Waals surface area contributed by atoms with Gasteiger partial charge in [-0.3, -0.25) is 9.59 Å². The number of carbonyl (C=O) groups is 2. The average molecular weight is 521 g/mol. The fourth-order valence-electron chi connectivity index (χ4n) is 4.51. The van der Waals surface area contributed by atoms with E-state index in [-0.39, 0.29) is 17.9 Å². The standard InChI is InChI=1S/C28H26Cl2N4O2/c1-16-2-9-20(10-3-16)31-28(36)19-8-13-24-25(14-19)34-26(33-24)17-4-6-18(7-5-17)27(35)32-21-11-12-22(29)23(30)15-21/h4-8,11-16,20H,2-3,9-10H2,1H3,(H,31,36)(H,32,35)(H,33,34). The highest BCUT2D eigenvalue weighted by Gasteiger charge is 2.20. The van der Waals surface area contributed by atoms with Gasteiger partial charge in [-0.05, 0) is 80.1 Å². The van der Waals surface area contributed by atoms with Crippen molar-refractivity contribution in [3.63, 3.8) is 0 Å². The summed E-state index contributed by atoms with van der Waals surface area (Å²) < 4.78 is 0. The highest BCUT2D eigenvalue weighted by atomic mass is 35.5. The summed E-state index contributed by atoms with van der Waals surface area (Å²) in [6.45, 7) is 2.27. The van der Waals surface area contributed by atoms with E-state index in [2.05, 4.69) is 27.5 Å². The van der Waals surface area contributed by atoms with Gasteiger partial charge in [0.25, 0.3) is 11.8 Å². The van der Waals surface area contributed by atoms with Gasteiger partial charge in [-0.15, -0.1) is 0 Å². The number of anilines is 1. The van der Waals surface area contributed by atoms with Crippen LogP contribution in [-0.2, 0) is 0 Å². The van der Waals surface area contributed by atoms with E-state index in [0.717, 1.165) is 48.2 Å². The maximum Gasteiger partial charge on any atom is 0.255 e. The molecule has 1 saturated carbocycles. The van der Waals surface area contributed by atoms with Crippen molar-refractivity contribution in [1.82, 2.24) is 15.3 Å². The van der Waals surface area contributed by atoms with Gasteiger partial charge in [0.05, 0.1) is 21.1 Å². The number of H-pyrrole nitrogens is 1. The highest BCUT2D eigenvalue weighted by molar-refractivity contribution is 6.42. The van der Waals surface area contributed by atoms with E-state index in [4.69, 9.17) is 23.2 Å². The Hall–Kier alpha value is -3.35. The largest absolute Gasteiger partial charge is 0.349 e. The molecular weight excluding hydrogens is 495 g/mol. The number of fused-ring (bicyclic) bond motifs is 1. The van der Waals surface area contributed by atoms with Crippen LogP contribution in [0.1, 0.15) is 53.3 Å². The number of imidazole rings is 1. The van der Waals surface area contributed by atoms with Crippen molar-refractivity contribution in [3.05, 3.63) is 81.8 Å². The van der Waals surface area contributed by atoms with Crippen molar-refractivity contribution >= 4 is 51.7 Å². The summed E-state index contributed by atoms with van der Waals surface area (Å²) in [5, 5.41) is 6.78. The predicted octanol–water partition coefficient (Wildman–Crippen LogP) is 7.10. The van der Waals surface area contributed by atoms with Crippen LogP contribution in [0.25, 0.3) is 22.4 Å². The van der Waals surface area contributed by atoms with Gasteiger partial charge < -0.3 is 15.6 Å². The van der Waals surface area contributed by atoms with Crippen LogP contribution < -0.4 is 10.6 Å². The molecule has 184 valence electrons. The topological polar surface area (TPSA) is 86.9 Å². The lowest BCUT2D eigenvalue weighted by Gasteiger charge is -2.26. The summed E-state index contributed by atoms with van der Waals surface area (Å²) in [7, 11) is 0. The number of carbonyl (C=O) groups excluding carboxylic acids is 2. The van der Waals surface area contributed by atoms with Crippen molar-refractivity contribution in [2.24, 2.45) is 5.92 Å². The molecule has 0 unspecified atom stereocenters. The lowest BCUT2D eigenvalue weighted by atomic mass is 9.87. The molecule has 0 aliphatic heterocycles. The van der Waals surface area contributed by atoms with Crippen LogP contribution in [0.5, 0.6) is 0 Å². The fourth-order valence-corrected chi connectivity index (χ4v) is 4.81. The molecule has 1 aromatic heterocycles. The Labute approximate surface area is 219 Å². The predicted molar refractivity (Wildman–Crippen MR) is 145 cm³/mol. The number of aromatic amines is 1. The number of hydrogen-bond donors (Lipinski definition) is 3. The molecule has 6 nitrogen and oxygen atoms in total. The van der Waals surface area contributed by atoms with Gasteiger partial charge in [0.2, 0.25) is 0 Å². The van der Waals surface area contributed by atoms with Gasteiger partial charge in [0, 0.05) is 28.4 Å². The molecule has 0 saturated heterocycles. The number of nitrogens with zero attached hydrogens (tertiary/aromatic N) is 1. The molecule has 5 rings (SSSR count). The van der Waals surface area contributed by atoms with Crippen LogP contribution in [0, 0.1) is 5.92 Å². The van der Waals surface area contributed by atoms with E-state index in [1.165, 1.54) is 0 Å². The van der Waals surface area contributed by atoms with Crippen molar-refractivity contribution in [3.8, 4) is 11.4 Å². The summed E-state index contributed by atoms with van der Waals surface area (Å²) in [6.07, 6.45) is 4.37. The Morgan fingerprint density at radius 2 is 1.58 bits per heavy atom. The quantitative estimate of drug-likeness (QED) is 0.262. The first-order valence-corrected chi connectivity index (χ1v) is 12.8. The summed E-state index contributed by atoms with van der Waals surface area (Å²) in [4.78, 5) is 33.4. The first kappa shape index (κ1) is 24.3. The van der Waals surface area contributed by atoms with Gasteiger partial charge in [-0.1, -0.05) is 42.3 Å². The van der Waals surface area contributed by atoms with Crippen LogP contribution in [0.2, 0.25) is 10.0 Å². The Balaban J connectivity index is 1.28. The molecule has 0 bridgehead atoms. The SMILES string of the molecule is CC1CCC(NC(=O)c2ccc3[nH]c(-c4ccc(C(=O)Nc5ccc(Cl)c(Cl)c5)cc4)nc3c2)CC1. The molecule has 1 heterocycles. The zero-order valence-corrected chi connectivity index (χ0v) is 21.3. The summed E-state index contributed by atoms with van der Waals surface area (Å²) >= 11 is 12.0. The lowest BCUT2D eigenvalue weighted by molar-refractivity contribution is 0.0922. The van der Waals surface area contributed by atoms with Crippen molar-refractivity contribution in [2.45, 2.75) is 38.6 Å². The number of hydrogen-bond acceptors (Lipinski definition) is 3. The van der Waals surface area contributed by atoms with Crippen molar-refractivity contribution in [1.29, 1.82) is 0 Å². The molecule has 36 heavy (non-hydrogen) atoms. The smallest absolute Gasteiger partial charge is 0.255 e. The molecule has 2 amide bonds. The third-order valence-corrected chi connectivity index (χ3v) is 7.43. The molecule has 0 radical (unpaired) electrons. The zero-order chi connectivity index (χ0) is 25.2. The Kier molecular flexibility index (Phi) is 6.99. The average Bonchev–Trinajstić information content (AvgIpc) is 3.31. The monoisotopic (exact) mass is 520 g/mol. The molecule has 1 aliphatic carbocycles. The summed E-state index contributed by atoms with van der Waals surface area (Å²) in [6, 6.07) is 17.8. The lowest BCUT2D eigenvalue weighted by Crippen LogP contribution is -2.37. The zero-order valence-electron chi connectivity index (χ0n) is 19.8. The maximum absolute atomic E-state index is 12.8. The highest BCUT2D eigenvalue weighted by Crippen LogP contribution is 2.27. The molecule has 0 spiro atoms. The van der Waals surface area contributed by atoms with Crippen molar-refractivity contribution < 1.29 is 9.59 Å². The van der Waals surface area contributed by atoms with Gasteiger partial charge in [-0.25, -0.2) is 4.98 Å². The second kappa shape index (κ2) is 10.3. The second-order valence-corrected chi connectivity index (χ2v) is 10.2. The van der Waals surface area contributed by atoms with Crippen LogP contribution >= 0.6 is 23.2 Å². The first-order valence-electron chi connectivity index (χ1n) is 12.0. The Morgan fingerprint density at radius 1 is 0.861 bits per heavy atom. The number of benzene rings is 3. The Morgan fingerprint density at radius 3 is 2.31 bits per heavy atom. The molecule has 8 heteroatoms. The number of aromatic nitrogens is 2. The van der Waals surface area contributed by atoms with Crippen molar-refractivity contribution in [2.75, 3.05) is 5.32 Å². The number of rotatable bonds is 5. The van der Waals surface area contributed by atoms with Gasteiger partial charge in [0.15, 0.2) is 0 Å². The normalized spacial score (nSPS) is 17.6. The molecular formula is C28H26Cl2N4O2. The molecule has 1 aliphatic rings. The third-order valence-electron chi connectivity index (χ3n) is 6.69. The van der Waals surface area contributed by atoms with Gasteiger partial charge >= 0.3 is 0 Å². The minimum Gasteiger partial charge on any atom is -0.349 e. The van der Waals surface area contributed by atoms with Crippen LogP contribution in [0.3, 0.4) is 0 Å². The number of halogens is 2. The van der Waals surface area contributed by atoms with E-state index in [0.29, 0.717) is 32.7 Å².